The second-order valence-corrected chi connectivity index (χ2v) is 6.13. The van der Waals surface area contributed by atoms with Gasteiger partial charge in [0.25, 0.3) is 0 Å². The van der Waals surface area contributed by atoms with E-state index in [1.165, 1.54) is 12.1 Å². The minimum atomic E-state index is -1.83. The highest BCUT2D eigenvalue weighted by molar-refractivity contribution is 6.39. The summed E-state index contributed by atoms with van der Waals surface area (Å²) in [5.74, 6) is -1.57. The number of halogens is 2. The normalized spacial score (nSPS) is 13.1. The number of hydrogen-bond acceptors (Lipinski definition) is 5. The Morgan fingerprint density at radius 3 is 2.12 bits per heavy atom. The summed E-state index contributed by atoms with van der Waals surface area (Å²) in [5, 5.41) is 0.416. The molecule has 0 spiro atoms. The first-order valence-corrected chi connectivity index (χ1v) is 7.74. The van der Waals surface area contributed by atoms with Crippen molar-refractivity contribution in [1.29, 1.82) is 0 Å². The number of rotatable bonds is 8. The summed E-state index contributed by atoms with van der Waals surface area (Å²) in [5.41, 5.74) is 26.1. The van der Waals surface area contributed by atoms with E-state index in [4.69, 9.17) is 51.9 Å². The van der Waals surface area contributed by atoms with E-state index >= 15 is 0 Å². The summed E-state index contributed by atoms with van der Waals surface area (Å²) in [7, 11) is 0. The summed E-state index contributed by atoms with van der Waals surface area (Å²) >= 11 is 11.9. The maximum Gasteiger partial charge on any atom is 0.245 e. The molecular formula is C14H20Cl2N6O2. The lowest BCUT2D eigenvalue weighted by molar-refractivity contribution is -0.134. The van der Waals surface area contributed by atoms with Gasteiger partial charge >= 0.3 is 0 Å². The van der Waals surface area contributed by atoms with Crippen LogP contribution in [-0.2, 0) is 16.0 Å². The van der Waals surface area contributed by atoms with Crippen LogP contribution in [0.25, 0.3) is 0 Å². The lowest BCUT2D eigenvalue weighted by Crippen LogP contribution is -2.58. The number of aliphatic imine (C=N–C) groups is 1. The van der Waals surface area contributed by atoms with E-state index in [0.29, 0.717) is 12.0 Å². The molecule has 1 aromatic rings. The molecular weight excluding hydrogens is 355 g/mol. The Balaban J connectivity index is 2.90. The Hall–Kier alpha value is -2.03. The highest BCUT2D eigenvalue weighted by atomic mass is 35.5. The number of anilines is 1. The Morgan fingerprint density at radius 2 is 1.67 bits per heavy atom. The summed E-state index contributed by atoms with van der Waals surface area (Å²) < 4.78 is 0. The number of carbonyl (C=O) groups is 2. The third kappa shape index (κ3) is 4.98. The molecule has 0 fully saturated rings. The van der Waals surface area contributed by atoms with Crippen molar-refractivity contribution in [3.05, 3.63) is 27.7 Å². The molecule has 10 heteroatoms. The third-order valence-electron chi connectivity index (χ3n) is 3.46. The van der Waals surface area contributed by atoms with Crippen molar-refractivity contribution >= 4 is 46.5 Å². The molecule has 1 atom stereocenters. The molecule has 0 radical (unpaired) electrons. The van der Waals surface area contributed by atoms with Crippen LogP contribution in [0.2, 0.25) is 10.0 Å². The molecule has 1 amide bonds. The van der Waals surface area contributed by atoms with Crippen LogP contribution in [0.15, 0.2) is 17.1 Å². The van der Waals surface area contributed by atoms with Crippen LogP contribution in [0.1, 0.15) is 18.4 Å². The van der Waals surface area contributed by atoms with Crippen molar-refractivity contribution in [2.45, 2.75) is 24.8 Å². The molecule has 24 heavy (non-hydrogen) atoms. The first kappa shape index (κ1) is 20.0. The molecule has 0 saturated heterocycles. The molecule has 132 valence electrons. The lowest BCUT2D eigenvalue weighted by Gasteiger charge is -2.24. The zero-order valence-corrected chi connectivity index (χ0v) is 14.4. The van der Waals surface area contributed by atoms with Crippen LogP contribution in [0.5, 0.6) is 0 Å². The average molecular weight is 375 g/mol. The van der Waals surface area contributed by atoms with Gasteiger partial charge in [-0.05, 0) is 30.5 Å². The van der Waals surface area contributed by atoms with Crippen molar-refractivity contribution in [3.8, 4) is 0 Å². The van der Waals surface area contributed by atoms with Crippen LogP contribution < -0.4 is 28.7 Å². The molecule has 0 unspecified atom stereocenters. The number of nitrogen functional groups attached to an aromatic ring is 1. The number of ketones is 1. The monoisotopic (exact) mass is 374 g/mol. The molecule has 0 heterocycles. The van der Waals surface area contributed by atoms with Gasteiger partial charge in [-0.1, -0.05) is 23.2 Å². The van der Waals surface area contributed by atoms with Gasteiger partial charge in [-0.25, -0.2) is 0 Å². The predicted molar refractivity (Wildman–Crippen MR) is 95.6 cm³/mol. The van der Waals surface area contributed by atoms with E-state index in [2.05, 4.69) is 4.99 Å². The maximum atomic E-state index is 12.5. The first-order valence-electron chi connectivity index (χ1n) is 6.98. The molecule has 0 aromatic heterocycles. The van der Waals surface area contributed by atoms with E-state index in [-0.39, 0.29) is 41.1 Å². The number of hydrogen-bond donors (Lipinski definition) is 5. The van der Waals surface area contributed by atoms with Crippen molar-refractivity contribution in [2.75, 3.05) is 12.3 Å². The lowest BCUT2D eigenvalue weighted by atomic mass is 9.85. The smallest absolute Gasteiger partial charge is 0.245 e. The fourth-order valence-electron chi connectivity index (χ4n) is 2.05. The summed E-state index contributed by atoms with van der Waals surface area (Å²) in [6.45, 7) is 0.224. The highest BCUT2D eigenvalue weighted by Crippen LogP contribution is 2.29. The van der Waals surface area contributed by atoms with Crippen molar-refractivity contribution < 1.29 is 9.59 Å². The van der Waals surface area contributed by atoms with Crippen molar-refractivity contribution in [3.63, 3.8) is 0 Å². The Bertz CT molecular complexity index is 652. The molecule has 0 aliphatic carbocycles. The Morgan fingerprint density at radius 1 is 1.12 bits per heavy atom. The number of carbonyl (C=O) groups excluding carboxylic acids is 2. The predicted octanol–water partition coefficient (Wildman–Crippen LogP) is -0.0764. The molecule has 1 rings (SSSR count). The van der Waals surface area contributed by atoms with E-state index in [1.807, 2.05) is 0 Å². The summed E-state index contributed by atoms with van der Waals surface area (Å²) in [6, 6.07) is 2.98. The topological polar surface area (TPSA) is 177 Å². The van der Waals surface area contributed by atoms with Crippen LogP contribution in [0.3, 0.4) is 0 Å². The van der Waals surface area contributed by atoms with Crippen molar-refractivity contribution in [1.82, 2.24) is 0 Å². The Labute approximate surface area is 149 Å². The molecule has 0 saturated carbocycles. The van der Waals surface area contributed by atoms with Gasteiger partial charge in [0.05, 0.1) is 15.7 Å². The van der Waals surface area contributed by atoms with Gasteiger partial charge < -0.3 is 28.7 Å². The number of guanidine groups is 1. The average Bonchev–Trinajstić information content (AvgIpc) is 2.48. The zero-order chi connectivity index (χ0) is 18.5. The third-order valence-corrected chi connectivity index (χ3v) is 4.09. The SMILES string of the molecule is NC(=O)[C@@](N)(CCCN=C(N)N)C(=O)Cc1cc(Cl)c(N)c(Cl)c1. The zero-order valence-electron chi connectivity index (χ0n) is 12.9. The fraction of sp³-hybridized carbons (Fsp3) is 0.357. The molecule has 10 N–H and O–H groups in total. The number of Topliss-reactive ketones (excluding diaryl/α,β-unsaturated/α-hetero) is 1. The fourth-order valence-corrected chi connectivity index (χ4v) is 2.58. The van der Waals surface area contributed by atoms with Gasteiger partial charge in [0, 0.05) is 13.0 Å². The number of benzene rings is 1. The summed E-state index contributed by atoms with van der Waals surface area (Å²) in [4.78, 5) is 27.9. The van der Waals surface area contributed by atoms with Gasteiger partial charge in [0.15, 0.2) is 17.3 Å². The highest BCUT2D eigenvalue weighted by Gasteiger charge is 2.39. The van der Waals surface area contributed by atoms with Gasteiger partial charge in [-0.3, -0.25) is 14.6 Å². The largest absolute Gasteiger partial charge is 0.396 e. The maximum absolute atomic E-state index is 12.5. The number of nitrogens with two attached hydrogens (primary N) is 5. The number of amides is 1. The minimum Gasteiger partial charge on any atom is -0.396 e. The number of nitrogens with zero attached hydrogens (tertiary/aromatic N) is 1. The molecule has 0 aliphatic heterocycles. The van der Waals surface area contributed by atoms with Gasteiger partial charge in [-0.2, -0.15) is 0 Å². The second kappa shape index (κ2) is 8.18. The quantitative estimate of drug-likeness (QED) is 0.139. The standard InChI is InChI=1S/C14H20Cl2N6O2/c15-8-4-7(5-9(16)11(8)17)6-10(23)14(21,12(18)24)2-1-3-22-13(19)20/h4-5H,1-3,6,17,21H2,(H2,18,24)(H4,19,20,22)/t14-/m1/s1. The van der Waals surface area contributed by atoms with E-state index in [0.717, 1.165) is 0 Å². The second-order valence-electron chi connectivity index (χ2n) is 5.32. The Kier molecular flexibility index (Phi) is 6.82. The molecule has 0 aliphatic rings. The van der Waals surface area contributed by atoms with Crippen molar-refractivity contribution in [2.24, 2.45) is 27.9 Å². The van der Waals surface area contributed by atoms with E-state index < -0.39 is 17.2 Å². The van der Waals surface area contributed by atoms with Crippen LogP contribution in [-0.4, -0.2) is 29.7 Å². The first-order chi connectivity index (χ1) is 11.1. The molecule has 8 nitrogen and oxygen atoms in total. The van der Waals surface area contributed by atoms with Gasteiger partial charge in [-0.15, -0.1) is 0 Å². The van der Waals surface area contributed by atoms with E-state index in [9.17, 15) is 9.59 Å². The van der Waals surface area contributed by atoms with Crippen LogP contribution >= 0.6 is 23.2 Å². The van der Waals surface area contributed by atoms with Gasteiger partial charge in [0.1, 0.15) is 0 Å². The molecule has 0 bridgehead atoms. The van der Waals surface area contributed by atoms with Gasteiger partial charge in [0.2, 0.25) is 5.91 Å². The van der Waals surface area contributed by atoms with E-state index in [1.54, 1.807) is 0 Å². The summed E-state index contributed by atoms with van der Waals surface area (Å²) in [6.07, 6.45) is 0.155. The number of primary amides is 1. The minimum absolute atomic E-state index is 0.00832. The van der Waals surface area contributed by atoms with Crippen LogP contribution in [0, 0.1) is 0 Å². The molecule has 1 aromatic carbocycles. The van der Waals surface area contributed by atoms with Crippen LogP contribution in [0.4, 0.5) is 5.69 Å².